The topological polar surface area (TPSA) is 46.2 Å². The minimum Gasteiger partial charge on any atom is -0.280 e. The zero-order chi connectivity index (χ0) is 21.7. The monoisotopic (exact) mass is 425 g/mol. The lowest BCUT2D eigenvalue weighted by Gasteiger charge is -2.18. The van der Waals surface area contributed by atoms with E-state index in [1.807, 2.05) is 4.72 Å². The largest absolute Gasteiger partial charge is 0.416 e. The number of sulfonamides is 1. The van der Waals surface area contributed by atoms with Crippen LogP contribution in [0.3, 0.4) is 0 Å². The predicted octanol–water partition coefficient (Wildman–Crippen LogP) is 5.76. The van der Waals surface area contributed by atoms with E-state index in [9.17, 15) is 34.8 Å². The van der Waals surface area contributed by atoms with Gasteiger partial charge in [-0.15, -0.1) is 0 Å². The lowest BCUT2D eigenvalue weighted by atomic mass is 10.0. The Morgan fingerprint density at radius 2 is 1.11 bits per heavy atom. The Kier molecular flexibility index (Phi) is 5.50. The van der Waals surface area contributed by atoms with Crippen LogP contribution in [0.1, 0.15) is 33.4 Å². The molecule has 2 rings (SSSR count). The molecule has 0 spiro atoms. The minimum atomic E-state index is -5.08. The fourth-order valence-electron chi connectivity index (χ4n) is 2.80. The summed E-state index contributed by atoms with van der Waals surface area (Å²) in [5, 5.41) is 0. The molecule has 154 valence electrons. The van der Waals surface area contributed by atoms with Crippen molar-refractivity contribution in [3.05, 3.63) is 57.6 Å². The minimum absolute atomic E-state index is 0.0644. The highest BCUT2D eigenvalue weighted by molar-refractivity contribution is 7.92. The standard InChI is InChI=1S/C18H17F6NO2S/c1-9-5-10(2)12(4)16(11(9)3)28(26,27)25-15-7-13(17(19,20)21)6-14(8-15)18(22,23)24/h5-8,25H,1-4H3. The van der Waals surface area contributed by atoms with Crippen molar-refractivity contribution in [1.82, 2.24) is 0 Å². The summed E-state index contributed by atoms with van der Waals surface area (Å²) in [7, 11) is -4.43. The molecular formula is C18H17F6NO2S. The molecule has 1 N–H and O–H groups in total. The van der Waals surface area contributed by atoms with Gasteiger partial charge in [0.05, 0.1) is 21.7 Å². The second-order valence-corrected chi connectivity index (χ2v) is 8.11. The van der Waals surface area contributed by atoms with Crippen LogP contribution in [0.25, 0.3) is 0 Å². The number of halogens is 6. The van der Waals surface area contributed by atoms with E-state index in [2.05, 4.69) is 0 Å². The SMILES string of the molecule is Cc1cc(C)c(C)c(S(=O)(=O)Nc2cc(C(F)(F)F)cc(C(F)(F)F)c2)c1C. The molecule has 0 unspecified atom stereocenters. The van der Waals surface area contributed by atoms with E-state index in [4.69, 9.17) is 0 Å². The molecule has 28 heavy (non-hydrogen) atoms. The van der Waals surface area contributed by atoms with Gasteiger partial charge in [-0.05, 0) is 68.1 Å². The molecule has 0 aliphatic rings. The van der Waals surface area contributed by atoms with Crippen molar-refractivity contribution < 1.29 is 34.8 Å². The fourth-order valence-corrected chi connectivity index (χ4v) is 4.46. The highest BCUT2D eigenvalue weighted by Gasteiger charge is 2.37. The first kappa shape index (κ1) is 22.1. The van der Waals surface area contributed by atoms with Crippen LogP contribution in [0.4, 0.5) is 32.0 Å². The number of rotatable bonds is 3. The first-order chi connectivity index (χ1) is 12.5. The molecular weight excluding hydrogens is 408 g/mol. The Labute approximate surface area is 158 Å². The van der Waals surface area contributed by atoms with Crippen LogP contribution >= 0.6 is 0 Å². The van der Waals surface area contributed by atoms with Crippen molar-refractivity contribution >= 4 is 15.7 Å². The molecule has 0 saturated heterocycles. The number of anilines is 1. The van der Waals surface area contributed by atoms with E-state index in [1.54, 1.807) is 19.9 Å². The molecule has 0 aliphatic heterocycles. The van der Waals surface area contributed by atoms with Gasteiger partial charge in [-0.25, -0.2) is 8.42 Å². The van der Waals surface area contributed by atoms with E-state index < -0.39 is 39.2 Å². The summed E-state index contributed by atoms with van der Waals surface area (Å²) in [5.74, 6) is 0. The summed E-state index contributed by atoms with van der Waals surface area (Å²) < 4.78 is 105. The second kappa shape index (κ2) is 6.98. The lowest BCUT2D eigenvalue weighted by Crippen LogP contribution is -2.18. The smallest absolute Gasteiger partial charge is 0.280 e. The summed E-state index contributed by atoms with van der Waals surface area (Å²) in [4.78, 5) is -0.170. The maximum Gasteiger partial charge on any atom is 0.416 e. The third kappa shape index (κ3) is 4.43. The van der Waals surface area contributed by atoms with E-state index in [0.29, 0.717) is 34.4 Å². The number of aryl methyl sites for hydroxylation is 2. The van der Waals surface area contributed by atoms with E-state index in [1.165, 1.54) is 13.8 Å². The molecule has 10 heteroatoms. The van der Waals surface area contributed by atoms with E-state index in [0.717, 1.165) is 0 Å². The van der Waals surface area contributed by atoms with Gasteiger partial charge >= 0.3 is 12.4 Å². The molecule has 0 aromatic heterocycles. The maximum absolute atomic E-state index is 13.0. The predicted molar refractivity (Wildman–Crippen MR) is 92.6 cm³/mol. The van der Waals surface area contributed by atoms with Crippen LogP contribution in [0.15, 0.2) is 29.2 Å². The van der Waals surface area contributed by atoms with Gasteiger partial charge in [-0.1, -0.05) is 6.07 Å². The molecule has 0 heterocycles. The maximum atomic E-state index is 13.0. The first-order valence-corrected chi connectivity index (χ1v) is 9.42. The van der Waals surface area contributed by atoms with E-state index in [-0.39, 0.29) is 11.0 Å². The molecule has 3 nitrogen and oxygen atoms in total. The van der Waals surface area contributed by atoms with Crippen LogP contribution in [0.5, 0.6) is 0 Å². The number of hydrogen-bond acceptors (Lipinski definition) is 2. The molecule has 2 aromatic carbocycles. The van der Waals surface area contributed by atoms with Crippen molar-refractivity contribution in [3.63, 3.8) is 0 Å². The number of benzene rings is 2. The summed E-state index contributed by atoms with van der Waals surface area (Å²) in [6.07, 6.45) is -10.2. The fraction of sp³-hybridized carbons (Fsp3) is 0.333. The van der Waals surface area contributed by atoms with Crippen LogP contribution in [0.2, 0.25) is 0 Å². The third-order valence-corrected chi connectivity index (χ3v) is 6.06. The van der Waals surface area contributed by atoms with Crippen molar-refractivity contribution in [2.45, 2.75) is 44.9 Å². The van der Waals surface area contributed by atoms with Gasteiger partial charge in [0.15, 0.2) is 0 Å². The quantitative estimate of drug-likeness (QED) is 0.636. The Hall–Kier alpha value is -2.23. The molecule has 0 saturated carbocycles. The van der Waals surface area contributed by atoms with Gasteiger partial charge in [-0.3, -0.25) is 4.72 Å². The normalized spacial score (nSPS) is 12.9. The van der Waals surface area contributed by atoms with Crippen molar-refractivity contribution in [3.8, 4) is 0 Å². The highest BCUT2D eigenvalue weighted by Crippen LogP contribution is 2.38. The zero-order valence-electron chi connectivity index (χ0n) is 15.3. The lowest BCUT2D eigenvalue weighted by molar-refractivity contribution is -0.143. The van der Waals surface area contributed by atoms with Crippen molar-refractivity contribution in [2.24, 2.45) is 0 Å². The Bertz CT molecular complexity index is 965. The van der Waals surface area contributed by atoms with Gasteiger partial charge in [0, 0.05) is 0 Å². The van der Waals surface area contributed by atoms with Gasteiger partial charge in [-0.2, -0.15) is 26.3 Å². The van der Waals surface area contributed by atoms with Crippen LogP contribution in [-0.2, 0) is 22.4 Å². The second-order valence-electron chi connectivity index (χ2n) is 6.49. The zero-order valence-corrected chi connectivity index (χ0v) is 16.1. The van der Waals surface area contributed by atoms with E-state index >= 15 is 0 Å². The molecule has 0 fully saturated rings. The number of hydrogen-bond donors (Lipinski definition) is 1. The van der Waals surface area contributed by atoms with Crippen LogP contribution in [-0.4, -0.2) is 8.42 Å². The van der Waals surface area contributed by atoms with Crippen LogP contribution in [0, 0.1) is 27.7 Å². The molecule has 2 aromatic rings. The summed E-state index contributed by atoms with van der Waals surface area (Å²) >= 11 is 0. The Morgan fingerprint density at radius 3 is 1.46 bits per heavy atom. The average Bonchev–Trinajstić information content (AvgIpc) is 2.50. The molecule has 0 bridgehead atoms. The summed E-state index contributed by atoms with van der Waals surface area (Å²) in [6, 6.07) is 2.35. The molecule has 0 radical (unpaired) electrons. The Balaban J connectivity index is 2.65. The first-order valence-electron chi connectivity index (χ1n) is 7.93. The van der Waals surface area contributed by atoms with Crippen molar-refractivity contribution in [2.75, 3.05) is 4.72 Å². The Morgan fingerprint density at radius 1 is 0.714 bits per heavy atom. The summed E-state index contributed by atoms with van der Waals surface area (Å²) in [6.45, 7) is 6.35. The van der Waals surface area contributed by atoms with Gasteiger partial charge in [0.1, 0.15) is 0 Å². The highest BCUT2D eigenvalue weighted by atomic mass is 32.2. The average molecular weight is 425 g/mol. The number of alkyl halides is 6. The molecule has 0 aliphatic carbocycles. The number of nitrogens with one attached hydrogen (secondary N) is 1. The third-order valence-electron chi connectivity index (χ3n) is 4.41. The van der Waals surface area contributed by atoms with Gasteiger partial charge in [0.25, 0.3) is 10.0 Å². The molecule has 0 atom stereocenters. The van der Waals surface area contributed by atoms with Gasteiger partial charge in [0.2, 0.25) is 0 Å². The molecule has 0 amide bonds. The van der Waals surface area contributed by atoms with Crippen LogP contribution < -0.4 is 4.72 Å². The summed E-state index contributed by atoms with van der Waals surface area (Å²) in [5.41, 5.74) is -2.05. The van der Waals surface area contributed by atoms with Gasteiger partial charge < -0.3 is 0 Å². The van der Waals surface area contributed by atoms with Crippen molar-refractivity contribution in [1.29, 1.82) is 0 Å².